The molecule has 0 aliphatic carbocycles. The first kappa shape index (κ1) is 23.9. The van der Waals surface area contributed by atoms with Gasteiger partial charge in [-0.1, -0.05) is 31.5 Å². The molecule has 0 fully saturated rings. The van der Waals surface area contributed by atoms with Crippen LogP contribution in [-0.4, -0.2) is 44.3 Å². The van der Waals surface area contributed by atoms with E-state index in [2.05, 4.69) is 5.32 Å². The third kappa shape index (κ3) is 5.59. The maximum Gasteiger partial charge on any atom is 0.340 e. The number of hydrogen-bond donors (Lipinski definition) is 1. The predicted molar refractivity (Wildman–Crippen MR) is 116 cm³/mol. The first-order valence-electron chi connectivity index (χ1n) is 9.44. The van der Waals surface area contributed by atoms with Gasteiger partial charge in [0.05, 0.1) is 15.5 Å². The largest absolute Gasteiger partial charge is 0.452 e. The van der Waals surface area contributed by atoms with Gasteiger partial charge < -0.3 is 10.1 Å². The van der Waals surface area contributed by atoms with E-state index in [9.17, 15) is 18.0 Å². The fourth-order valence-corrected chi connectivity index (χ4v) is 4.44. The van der Waals surface area contributed by atoms with Gasteiger partial charge in [-0.3, -0.25) is 4.79 Å². The molecule has 0 aliphatic heterocycles. The first-order chi connectivity index (χ1) is 14.1. The smallest absolute Gasteiger partial charge is 0.340 e. The molecule has 162 valence electrons. The Bertz CT molecular complexity index is 1050. The van der Waals surface area contributed by atoms with E-state index in [-0.39, 0.29) is 15.5 Å². The fraction of sp³-hybridized carbons (Fsp3) is 0.333. The lowest BCUT2D eigenvalue weighted by atomic mass is 10.1. The molecule has 7 nitrogen and oxygen atoms in total. The van der Waals surface area contributed by atoms with Crippen LogP contribution in [0.4, 0.5) is 5.69 Å². The Morgan fingerprint density at radius 2 is 1.70 bits per heavy atom. The minimum atomic E-state index is -3.77. The molecule has 0 heterocycles. The highest BCUT2D eigenvalue weighted by atomic mass is 35.5. The molecule has 0 unspecified atom stereocenters. The number of amides is 1. The summed E-state index contributed by atoms with van der Waals surface area (Å²) >= 11 is 6.06. The molecule has 9 heteroatoms. The van der Waals surface area contributed by atoms with Crippen LogP contribution in [0.5, 0.6) is 0 Å². The second-order valence-electron chi connectivity index (χ2n) is 6.65. The second kappa shape index (κ2) is 10.1. The van der Waals surface area contributed by atoms with Crippen molar-refractivity contribution in [2.75, 3.05) is 25.0 Å². The van der Waals surface area contributed by atoms with E-state index in [0.717, 1.165) is 11.1 Å². The number of rotatable bonds is 8. The summed E-state index contributed by atoms with van der Waals surface area (Å²) in [7, 11) is -3.77. The highest BCUT2D eigenvalue weighted by molar-refractivity contribution is 7.89. The number of ether oxygens (including phenoxy) is 1. The normalized spacial score (nSPS) is 11.4. The number of anilines is 1. The van der Waals surface area contributed by atoms with Crippen LogP contribution >= 0.6 is 11.6 Å². The Hall–Kier alpha value is -2.42. The number of carbonyl (C=O) groups is 2. The standard InChI is InChI=1S/C21H25ClN2O5S/c1-5-24(6-2)30(27,28)17-9-10-19(22)18(12-17)21(26)29-13-20(25)23-16-8-7-14(3)15(4)11-16/h7-12H,5-6,13H2,1-4H3,(H,23,25). The van der Waals surface area contributed by atoms with Crippen molar-refractivity contribution >= 4 is 39.2 Å². The Morgan fingerprint density at radius 3 is 2.30 bits per heavy atom. The molecule has 30 heavy (non-hydrogen) atoms. The minimum absolute atomic E-state index is 0.0352. The van der Waals surface area contributed by atoms with Crippen LogP contribution in [0.3, 0.4) is 0 Å². The van der Waals surface area contributed by atoms with E-state index < -0.39 is 28.5 Å². The zero-order valence-corrected chi connectivity index (χ0v) is 18.9. The molecular formula is C21H25ClN2O5S. The van der Waals surface area contributed by atoms with Crippen molar-refractivity contribution in [1.82, 2.24) is 4.31 Å². The highest BCUT2D eigenvalue weighted by Gasteiger charge is 2.24. The molecule has 2 aromatic carbocycles. The Balaban J connectivity index is 2.11. The SMILES string of the molecule is CCN(CC)S(=O)(=O)c1ccc(Cl)c(C(=O)OCC(=O)Nc2ccc(C)c(C)c2)c1. The van der Waals surface area contributed by atoms with E-state index in [4.69, 9.17) is 16.3 Å². The lowest BCUT2D eigenvalue weighted by Crippen LogP contribution is -2.30. The molecule has 0 saturated heterocycles. The summed E-state index contributed by atoms with van der Waals surface area (Å²) < 4.78 is 31.6. The number of nitrogens with zero attached hydrogens (tertiary/aromatic N) is 1. The summed E-state index contributed by atoms with van der Waals surface area (Å²) in [6, 6.07) is 9.26. The topological polar surface area (TPSA) is 92.8 Å². The lowest BCUT2D eigenvalue weighted by molar-refractivity contribution is -0.119. The molecule has 0 atom stereocenters. The summed E-state index contributed by atoms with van der Waals surface area (Å²) in [4.78, 5) is 24.4. The second-order valence-corrected chi connectivity index (χ2v) is 9.00. The molecule has 1 amide bonds. The van der Waals surface area contributed by atoms with Gasteiger partial charge >= 0.3 is 5.97 Å². The Morgan fingerprint density at radius 1 is 1.03 bits per heavy atom. The third-order valence-electron chi connectivity index (χ3n) is 4.63. The Kier molecular flexibility index (Phi) is 8.00. The number of nitrogens with one attached hydrogen (secondary N) is 1. The number of esters is 1. The number of sulfonamides is 1. The molecule has 1 N–H and O–H groups in total. The minimum Gasteiger partial charge on any atom is -0.452 e. The summed E-state index contributed by atoms with van der Waals surface area (Å²) in [6.45, 7) is 7.38. The number of halogens is 1. The van der Waals surface area contributed by atoms with Gasteiger partial charge in [0.15, 0.2) is 6.61 Å². The maximum atomic E-state index is 12.7. The van der Waals surface area contributed by atoms with Crippen LogP contribution in [0.1, 0.15) is 35.3 Å². The van der Waals surface area contributed by atoms with E-state index in [1.165, 1.54) is 22.5 Å². The van der Waals surface area contributed by atoms with Crippen LogP contribution in [0, 0.1) is 13.8 Å². The van der Waals surface area contributed by atoms with Crippen molar-refractivity contribution in [3.63, 3.8) is 0 Å². The van der Waals surface area contributed by atoms with Crippen LogP contribution in [-0.2, 0) is 19.6 Å². The zero-order valence-electron chi connectivity index (χ0n) is 17.4. The Labute approximate surface area is 182 Å². The molecule has 0 bridgehead atoms. The van der Waals surface area contributed by atoms with Crippen molar-refractivity contribution < 1.29 is 22.7 Å². The lowest BCUT2D eigenvalue weighted by Gasteiger charge is -2.19. The molecule has 0 radical (unpaired) electrons. The van der Waals surface area contributed by atoms with Crippen molar-refractivity contribution in [1.29, 1.82) is 0 Å². The molecule has 0 aliphatic rings. The number of hydrogen-bond acceptors (Lipinski definition) is 5. The summed E-state index contributed by atoms with van der Waals surface area (Å²) in [5.41, 5.74) is 2.57. The number of carbonyl (C=O) groups excluding carboxylic acids is 2. The molecular weight excluding hydrogens is 428 g/mol. The number of benzene rings is 2. The van der Waals surface area contributed by atoms with Crippen molar-refractivity contribution in [2.24, 2.45) is 0 Å². The van der Waals surface area contributed by atoms with Gasteiger partial charge in [0.25, 0.3) is 5.91 Å². The van der Waals surface area contributed by atoms with Crippen LogP contribution in [0.2, 0.25) is 5.02 Å². The summed E-state index contributed by atoms with van der Waals surface area (Å²) in [5, 5.41) is 2.68. The van der Waals surface area contributed by atoms with Gasteiger partial charge in [0, 0.05) is 18.8 Å². The van der Waals surface area contributed by atoms with E-state index in [1.54, 1.807) is 19.9 Å². The highest BCUT2D eigenvalue weighted by Crippen LogP contribution is 2.24. The van der Waals surface area contributed by atoms with Crippen molar-refractivity contribution in [3.05, 3.63) is 58.1 Å². The fourth-order valence-electron chi connectivity index (χ4n) is 2.76. The van der Waals surface area contributed by atoms with E-state index >= 15 is 0 Å². The molecule has 0 saturated carbocycles. The van der Waals surface area contributed by atoms with Gasteiger partial charge in [-0.2, -0.15) is 4.31 Å². The van der Waals surface area contributed by atoms with Crippen LogP contribution in [0.25, 0.3) is 0 Å². The quantitative estimate of drug-likeness (QED) is 0.615. The number of aryl methyl sites for hydroxylation is 2. The van der Waals surface area contributed by atoms with E-state index in [0.29, 0.717) is 18.8 Å². The zero-order chi connectivity index (χ0) is 22.5. The average Bonchev–Trinajstić information content (AvgIpc) is 2.70. The summed E-state index contributed by atoms with van der Waals surface area (Å²) in [5.74, 6) is -1.40. The van der Waals surface area contributed by atoms with E-state index in [1.807, 2.05) is 26.0 Å². The third-order valence-corrected chi connectivity index (χ3v) is 7.00. The molecule has 0 aromatic heterocycles. The molecule has 2 rings (SSSR count). The van der Waals surface area contributed by atoms with Gasteiger partial charge in [-0.05, 0) is 55.3 Å². The maximum absolute atomic E-state index is 12.7. The van der Waals surface area contributed by atoms with Crippen molar-refractivity contribution in [2.45, 2.75) is 32.6 Å². The van der Waals surface area contributed by atoms with Crippen LogP contribution < -0.4 is 5.32 Å². The summed E-state index contributed by atoms with van der Waals surface area (Å²) in [6.07, 6.45) is 0. The van der Waals surface area contributed by atoms with Gasteiger partial charge in [-0.25, -0.2) is 13.2 Å². The average molecular weight is 453 g/mol. The van der Waals surface area contributed by atoms with Crippen molar-refractivity contribution in [3.8, 4) is 0 Å². The molecule has 2 aromatic rings. The van der Waals surface area contributed by atoms with Crippen LogP contribution in [0.15, 0.2) is 41.3 Å². The first-order valence-corrected chi connectivity index (χ1v) is 11.3. The van der Waals surface area contributed by atoms with Gasteiger partial charge in [-0.15, -0.1) is 0 Å². The predicted octanol–water partition coefficient (Wildman–Crippen LogP) is 3.78. The van der Waals surface area contributed by atoms with Gasteiger partial charge in [0.1, 0.15) is 0 Å². The monoisotopic (exact) mass is 452 g/mol. The molecule has 0 spiro atoms. The van der Waals surface area contributed by atoms with Gasteiger partial charge in [0.2, 0.25) is 10.0 Å².